The maximum atomic E-state index is 12.3. The van der Waals surface area contributed by atoms with Crippen molar-refractivity contribution in [1.82, 2.24) is 0 Å². The van der Waals surface area contributed by atoms with Crippen LogP contribution in [0.5, 0.6) is 5.75 Å². The zero-order valence-electron chi connectivity index (χ0n) is 11.9. The zero-order chi connectivity index (χ0) is 14.7. The number of ether oxygens (including phenoxy) is 1. The number of benzene rings is 2. The van der Waals surface area contributed by atoms with E-state index >= 15 is 0 Å². The lowest BCUT2D eigenvalue weighted by Gasteiger charge is -2.12. The molecule has 2 N–H and O–H groups in total. The molecule has 0 spiro atoms. The molecule has 3 rings (SSSR count). The summed E-state index contributed by atoms with van der Waals surface area (Å²) in [6.45, 7) is 2.58. The van der Waals surface area contributed by atoms with Gasteiger partial charge in [0.1, 0.15) is 11.8 Å². The van der Waals surface area contributed by atoms with Crippen molar-refractivity contribution in [3.8, 4) is 5.75 Å². The summed E-state index contributed by atoms with van der Waals surface area (Å²) in [4.78, 5) is 12.3. The summed E-state index contributed by atoms with van der Waals surface area (Å²) in [6.07, 6.45) is 0.721. The Labute approximate surface area is 124 Å². The highest BCUT2D eigenvalue weighted by molar-refractivity contribution is 5.98. The highest BCUT2D eigenvalue weighted by Crippen LogP contribution is 2.26. The Morgan fingerprint density at radius 1 is 1.24 bits per heavy atom. The lowest BCUT2D eigenvalue weighted by Crippen LogP contribution is -2.32. The number of carbonyl (C=O) groups is 1. The molecule has 1 aliphatic rings. The van der Waals surface area contributed by atoms with Crippen LogP contribution in [0.1, 0.15) is 12.5 Å². The van der Waals surface area contributed by atoms with E-state index in [1.807, 2.05) is 55.5 Å². The van der Waals surface area contributed by atoms with Gasteiger partial charge in [0.15, 0.2) is 0 Å². The van der Waals surface area contributed by atoms with Gasteiger partial charge < -0.3 is 15.4 Å². The molecule has 1 atom stereocenters. The van der Waals surface area contributed by atoms with Crippen molar-refractivity contribution in [3.05, 3.63) is 54.1 Å². The van der Waals surface area contributed by atoms with Gasteiger partial charge in [-0.1, -0.05) is 18.2 Å². The summed E-state index contributed by atoms with van der Waals surface area (Å²) < 4.78 is 5.38. The molecule has 1 aliphatic heterocycles. The van der Waals surface area contributed by atoms with E-state index in [4.69, 9.17) is 4.74 Å². The minimum atomic E-state index is -0.214. The van der Waals surface area contributed by atoms with Gasteiger partial charge in [0.2, 0.25) is 5.91 Å². The number of nitrogens with one attached hydrogen (secondary N) is 2. The highest BCUT2D eigenvalue weighted by Gasteiger charge is 2.26. The number of rotatable bonds is 4. The number of amides is 1. The lowest BCUT2D eigenvalue weighted by molar-refractivity contribution is -0.116. The number of anilines is 2. The van der Waals surface area contributed by atoms with E-state index in [9.17, 15) is 4.79 Å². The molecule has 0 radical (unpaired) electrons. The van der Waals surface area contributed by atoms with Gasteiger partial charge in [-0.15, -0.1) is 0 Å². The van der Waals surface area contributed by atoms with Crippen molar-refractivity contribution in [3.63, 3.8) is 0 Å². The average molecular weight is 282 g/mol. The Bertz CT molecular complexity index is 612. The van der Waals surface area contributed by atoms with Crippen LogP contribution in [0.15, 0.2) is 48.5 Å². The van der Waals surface area contributed by atoms with Crippen LogP contribution in [0.25, 0.3) is 0 Å². The smallest absolute Gasteiger partial charge is 0.247 e. The maximum absolute atomic E-state index is 12.3. The van der Waals surface area contributed by atoms with Crippen molar-refractivity contribution >= 4 is 17.3 Å². The van der Waals surface area contributed by atoms with Gasteiger partial charge in [-0.2, -0.15) is 0 Å². The number of hydrogen-bond donors (Lipinski definition) is 2. The van der Waals surface area contributed by atoms with Crippen LogP contribution in [-0.2, 0) is 11.2 Å². The molecule has 0 aliphatic carbocycles. The number of para-hydroxylation sites is 1. The van der Waals surface area contributed by atoms with Crippen molar-refractivity contribution in [2.75, 3.05) is 17.2 Å². The first kappa shape index (κ1) is 13.5. The van der Waals surface area contributed by atoms with Crippen molar-refractivity contribution < 1.29 is 9.53 Å². The average Bonchev–Trinajstić information content (AvgIpc) is 2.94. The molecule has 21 heavy (non-hydrogen) atoms. The van der Waals surface area contributed by atoms with Crippen LogP contribution in [0, 0.1) is 0 Å². The molecule has 1 unspecified atom stereocenters. The minimum absolute atomic E-state index is 0.0182. The molecule has 0 bridgehead atoms. The van der Waals surface area contributed by atoms with E-state index in [2.05, 4.69) is 10.6 Å². The van der Waals surface area contributed by atoms with E-state index in [-0.39, 0.29) is 11.9 Å². The molecule has 0 saturated heterocycles. The minimum Gasteiger partial charge on any atom is -0.494 e. The van der Waals surface area contributed by atoms with Crippen LogP contribution in [0.4, 0.5) is 11.4 Å². The van der Waals surface area contributed by atoms with E-state index in [0.717, 1.165) is 23.5 Å². The van der Waals surface area contributed by atoms with Gasteiger partial charge in [0, 0.05) is 17.8 Å². The summed E-state index contributed by atoms with van der Waals surface area (Å²) in [5.74, 6) is 0.789. The van der Waals surface area contributed by atoms with Gasteiger partial charge >= 0.3 is 0 Å². The molecule has 4 heteroatoms. The van der Waals surface area contributed by atoms with Gasteiger partial charge in [0.25, 0.3) is 0 Å². The molecular formula is C17H18N2O2. The van der Waals surface area contributed by atoms with Gasteiger partial charge in [0.05, 0.1) is 6.61 Å². The van der Waals surface area contributed by atoms with E-state index < -0.39 is 0 Å². The van der Waals surface area contributed by atoms with Crippen LogP contribution in [0.2, 0.25) is 0 Å². The van der Waals surface area contributed by atoms with Crippen molar-refractivity contribution in [2.24, 2.45) is 0 Å². The second-order valence-corrected chi connectivity index (χ2v) is 5.00. The van der Waals surface area contributed by atoms with Crippen LogP contribution < -0.4 is 15.4 Å². The Morgan fingerprint density at radius 3 is 2.71 bits per heavy atom. The number of carbonyl (C=O) groups excluding carboxylic acids is 1. The number of hydrogen-bond acceptors (Lipinski definition) is 3. The molecule has 0 saturated carbocycles. The normalized spacial score (nSPS) is 16.0. The van der Waals surface area contributed by atoms with Gasteiger partial charge in [-0.05, 0) is 42.8 Å². The third-order valence-electron chi connectivity index (χ3n) is 3.52. The molecular weight excluding hydrogens is 264 g/mol. The first-order valence-corrected chi connectivity index (χ1v) is 7.14. The van der Waals surface area contributed by atoms with Gasteiger partial charge in [-0.25, -0.2) is 0 Å². The van der Waals surface area contributed by atoms with E-state index in [0.29, 0.717) is 6.61 Å². The quantitative estimate of drug-likeness (QED) is 0.906. The Kier molecular flexibility index (Phi) is 3.77. The Balaban J connectivity index is 1.62. The predicted molar refractivity (Wildman–Crippen MR) is 83.8 cm³/mol. The molecule has 1 heterocycles. The second kappa shape index (κ2) is 5.87. The van der Waals surface area contributed by atoms with Crippen LogP contribution in [0.3, 0.4) is 0 Å². The van der Waals surface area contributed by atoms with Gasteiger partial charge in [-0.3, -0.25) is 4.79 Å². The fourth-order valence-electron chi connectivity index (χ4n) is 2.49. The third kappa shape index (κ3) is 2.99. The van der Waals surface area contributed by atoms with E-state index in [1.54, 1.807) is 0 Å². The summed E-state index contributed by atoms with van der Waals surface area (Å²) in [5.41, 5.74) is 3.01. The summed E-state index contributed by atoms with van der Waals surface area (Å²) in [5, 5.41) is 6.18. The molecule has 2 aromatic carbocycles. The standard InChI is InChI=1S/C17H18N2O2/c1-2-21-14-9-7-13(8-10-14)18-17(20)16-11-12-5-3-4-6-15(12)19-16/h3-10,16,19H,2,11H2,1H3,(H,18,20). The summed E-state index contributed by atoms with van der Waals surface area (Å²) in [6, 6.07) is 15.2. The fraction of sp³-hybridized carbons (Fsp3) is 0.235. The molecule has 1 amide bonds. The zero-order valence-corrected chi connectivity index (χ0v) is 11.9. The maximum Gasteiger partial charge on any atom is 0.247 e. The summed E-state index contributed by atoms with van der Waals surface area (Å²) >= 11 is 0. The third-order valence-corrected chi connectivity index (χ3v) is 3.52. The van der Waals surface area contributed by atoms with E-state index in [1.165, 1.54) is 5.56 Å². The SMILES string of the molecule is CCOc1ccc(NC(=O)C2Cc3ccccc3N2)cc1. The largest absolute Gasteiger partial charge is 0.494 e. The summed E-state index contributed by atoms with van der Waals surface area (Å²) in [7, 11) is 0. The molecule has 0 fully saturated rings. The predicted octanol–water partition coefficient (Wildman–Crippen LogP) is 3.06. The monoisotopic (exact) mass is 282 g/mol. The number of fused-ring (bicyclic) bond motifs is 1. The fourth-order valence-corrected chi connectivity index (χ4v) is 2.49. The topological polar surface area (TPSA) is 50.4 Å². The van der Waals surface area contributed by atoms with Crippen LogP contribution in [-0.4, -0.2) is 18.6 Å². The second-order valence-electron chi connectivity index (χ2n) is 5.00. The Morgan fingerprint density at radius 2 is 2.00 bits per heavy atom. The first-order chi connectivity index (χ1) is 10.3. The molecule has 4 nitrogen and oxygen atoms in total. The lowest BCUT2D eigenvalue weighted by atomic mass is 10.1. The molecule has 0 aromatic heterocycles. The first-order valence-electron chi connectivity index (χ1n) is 7.14. The molecule has 2 aromatic rings. The Hall–Kier alpha value is -2.49. The van der Waals surface area contributed by atoms with Crippen LogP contribution >= 0.6 is 0 Å². The van der Waals surface area contributed by atoms with Crippen molar-refractivity contribution in [1.29, 1.82) is 0 Å². The molecule has 108 valence electrons. The van der Waals surface area contributed by atoms with Crippen molar-refractivity contribution in [2.45, 2.75) is 19.4 Å². The highest BCUT2D eigenvalue weighted by atomic mass is 16.5.